The minimum atomic E-state index is 0.652. The van der Waals surface area contributed by atoms with Crippen molar-refractivity contribution in [3.8, 4) is 0 Å². The zero-order valence-corrected chi connectivity index (χ0v) is 8.12. The van der Waals surface area contributed by atoms with E-state index in [9.17, 15) is 0 Å². The maximum Gasteiger partial charge on any atom is 0.0740 e. The van der Waals surface area contributed by atoms with Crippen molar-refractivity contribution in [2.45, 2.75) is 25.6 Å². The number of nitrogens with one attached hydrogen (secondary N) is 1. The van der Waals surface area contributed by atoms with Crippen LogP contribution >= 0.6 is 0 Å². The predicted octanol–water partition coefficient (Wildman–Crippen LogP) is 1.19. The molecule has 0 amide bonds. The summed E-state index contributed by atoms with van der Waals surface area (Å²) >= 11 is 0. The van der Waals surface area contributed by atoms with Gasteiger partial charge >= 0.3 is 0 Å². The molecule has 74 valence electrons. The van der Waals surface area contributed by atoms with Crippen LogP contribution in [-0.4, -0.2) is 18.1 Å². The van der Waals surface area contributed by atoms with E-state index in [-0.39, 0.29) is 0 Å². The average molecular weight is 190 g/mol. The van der Waals surface area contributed by atoms with Gasteiger partial charge in [0.1, 0.15) is 0 Å². The lowest BCUT2D eigenvalue weighted by molar-refractivity contribution is 0.134. The molecule has 1 aromatic rings. The Morgan fingerprint density at radius 2 is 2.36 bits per heavy atom. The fourth-order valence-electron chi connectivity index (χ4n) is 2.38. The number of rotatable bonds is 1. The van der Waals surface area contributed by atoms with E-state index in [1.807, 2.05) is 12.4 Å². The van der Waals surface area contributed by atoms with Crippen molar-refractivity contribution >= 4 is 0 Å². The van der Waals surface area contributed by atoms with Crippen LogP contribution in [0, 0.1) is 0 Å². The van der Waals surface area contributed by atoms with E-state index in [1.54, 1.807) is 0 Å². The lowest BCUT2D eigenvalue weighted by Gasteiger charge is -2.12. The molecule has 2 aliphatic heterocycles. The number of hydrogen-bond donors (Lipinski definition) is 1. The average Bonchev–Trinajstić information content (AvgIpc) is 2.88. The molecule has 1 fully saturated rings. The Balaban J connectivity index is 2.00. The fourth-order valence-corrected chi connectivity index (χ4v) is 2.38. The predicted molar refractivity (Wildman–Crippen MR) is 53.0 cm³/mol. The molecule has 0 bridgehead atoms. The molecule has 0 aromatic carbocycles. The molecule has 3 heterocycles. The molecule has 1 aromatic heterocycles. The monoisotopic (exact) mass is 190 g/mol. The maximum absolute atomic E-state index is 5.45. The van der Waals surface area contributed by atoms with Gasteiger partial charge in [-0.25, -0.2) is 0 Å². The number of nitrogens with zero attached hydrogens (tertiary/aromatic N) is 1. The Hall–Kier alpha value is -0.930. The van der Waals surface area contributed by atoms with Gasteiger partial charge in [0.05, 0.1) is 13.2 Å². The third-order valence-corrected chi connectivity index (χ3v) is 3.18. The van der Waals surface area contributed by atoms with Gasteiger partial charge in [0.25, 0.3) is 0 Å². The van der Waals surface area contributed by atoms with Crippen molar-refractivity contribution < 1.29 is 4.74 Å². The van der Waals surface area contributed by atoms with Crippen molar-refractivity contribution in [2.75, 3.05) is 13.1 Å². The highest BCUT2D eigenvalue weighted by molar-refractivity contribution is 5.36. The van der Waals surface area contributed by atoms with Crippen LogP contribution in [0.5, 0.6) is 0 Å². The van der Waals surface area contributed by atoms with Crippen molar-refractivity contribution in [1.82, 2.24) is 10.3 Å². The summed E-state index contributed by atoms with van der Waals surface area (Å²) in [4.78, 5) is 4.29. The molecule has 0 saturated carbocycles. The Kier molecular flexibility index (Phi) is 2.00. The molecule has 3 nitrogen and oxygen atoms in total. The van der Waals surface area contributed by atoms with E-state index in [2.05, 4.69) is 10.3 Å². The molecule has 1 unspecified atom stereocenters. The highest BCUT2D eigenvalue weighted by atomic mass is 16.5. The Morgan fingerprint density at radius 3 is 3.21 bits per heavy atom. The standard InChI is InChI=1S/C11H14N2O/c1-2-12-3-8(1)10-5-13-4-9-6-14-7-11(9)10/h4-5,8,12H,1-3,6-7H2. The van der Waals surface area contributed by atoms with Gasteiger partial charge in [0, 0.05) is 24.5 Å². The van der Waals surface area contributed by atoms with E-state index in [1.165, 1.54) is 23.1 Å². The largest absolute Gasteiger partial charge is 0.372 e. The van der Waals surface area contributed by atoms with Gasteiger partial charge in [-0.3, -0.25) is 4.98 Å². The summed E-state index contributed by atoms with van der Waals surface area (Å²) in [6.07, 6.45) is 5.19. The first-order valence-electron chi connectivity index (χ1n) is 5.19. The summed E-state index contributed by atoms with van der Waals surface area (Å²) < 4.78 is 5.45. The van der Waals surface area contributed by atoms with Crippen LogP contribution in [0.2, 0.25) is 0 Å². The van der Waals surface area contributed by atoms with E-state index in [0.29, 0.717) is 5.92 Å². The Bertz CT molecular complexity index is 345. The van der Waals surface area contributed by atoms with Crippen LogP contribution in [0.25, 0.3) is 0 Å². The smallest absolute Gasteiger partial charge is 0.0740 e. The number of hydrogen-bond acceptors (Lipinski definition) is 3. The second kappa shape index (κ2) is 3.33. The molecule has 1 N–H and O–H groups in total. The van der Waals surface area contributed by atoms with Crippen LogP contribution < -0.4 is 5.32 Å². The van der Waals surface area contributed by atoms with Crippen LogP contribution in [-0.2, 0) is 18.0 Å². The maximum atomic E-state index is 5.45. The zero-order chi connectivity index (χ0) is 9.38. The van der Waals surface area contributed by atoms with Crippen LogP contribution in [0.1, 0.15) is 29.0 Å². The van der Waals surface area contributed by atoms with Gasteiger partial charge in [-0.2, -0.15) is 0 Å². The quantitative estimate of drug-likeness (QED) is 0.722. The number of fused-ring (bicyclic) bond motifs is 1. The third kappa shape index (κ3) is 1.24. The second-order valence-corrected chi connectivity index (χ2v) is 4.05. The first-order valence-corrected chi connectivity index (χ1v) is 5.19. The van der Waals surface area contributed by atoms with Gasteiger partial charge in [-0.1, -0.05) is 0 Å². The number of pyridine rings is 1. The third-order valence-electron chi connectivity index (χ3n) is 3.18. The van der Waals surface area contributed by atoms with Crippen LogP contribution in [0.4, 0.5) is 0 Å². The molecule has 1 saturated heterocycles. The molecule has 1 atom stereocenters. The molecule has 0 spiro atoms. The molecular formula is C11H14N2O. The van der Waals surface area contributed by atoms with E-state index in [0.717, 1.165) is 26.3 Å². The van der Waals surface area contributed by atoms with E-state index >= 15 is 0 Å². The normalized spacial score (nSPS) is 25.3. The number of ether oxygens (including phenoxy) is 1. The SMILES string of the molecule is c1ncc(C2CCNC2)c2c1COC2. The van der Waals surface area contributed by atoms with Crippen molar-refractivity contribution in [1.29, 1.82) is 0 Å². The molecule has 3 rings (SSSR count). The summed E-state index contributed by atoms with van der Waals surface area (Å²) in [7, 11) is 0. The molecular weight excluding hydrogens is 176 g/mol. The van der Waals surface area contributed by atoms with Gasteiger partial charge in [0.2, 0.25) is 0 Å². The lowest BCUT2D eigenvalue weighted by atomic mass is 9.94. The topological polar surface area (TPSA) is 34.2 Å². The zero-order valence-electron chi connectivity index (χ0n) is 8.12. The highest BCUT2D eigenvalue weighted by Crippen LogP contribution is 2.30. The highest BCUT2D eigenvalue weighted by Gasteiger charge is 2.23. The van der Waals surface area contributed by atoms with E-state index < -0.39 is 0 Å². The molecule has 2 aliphatic rings. The molecule has 0 radical (unpaired) electrons. The van der Waals surface area contributed by atoms with Gasteiger partial charge < -0.3 is 10.1 Å². The first-order chi connectivity index (χ1) is 6.95. The van der Waals surface area contributed by atoms with Crippen molar-refractivity contribution in [3.05, 3.63) is 29.1 Å². The first kappa shape index (κ1) is 8.38. The van der Waals surface area contributed by atoms with Crippen LogP contribution in [0.3, 0.4) is 0 Å². The summed E-state index contributed by atoms with van der Waals surface area (Å²) in [6, 6.07) is 0. The van der Waals surface area contributed by atoms with Gasteiger partial charge in [0.15, 0.2) is 0 Å². The minimum Gasteiger partial charge on any atom is -0.372 e. The Morgan fingerprint density at radius 1 is 1.36 bits per heavy atom. The summed E-state index contributed by atoms with van der Waals surface area (Å²) in [5.41, 5.74) is 4.09. The molecule has 3 heteroatoms. The Labute approximate surface area is 83.5 Å². The van der Waals surface area contributed by atoms with Gasteiger partial charge in [-0.15, -0.1) is 0 Å². The number of aromatic nitrogens is 1. The minimum absolute atomic E-state index is 0.652. The van der Waals surface area contributed by atoms with Crippen molar-refractivity contribution in [2.24, 2.45) is 0 Å². The second-order valence-electron chi connectivity index (χ2n) is 4.05. The summed E-state index contributed by atoms with van der Waals surface area (Å²) in [5.74, 6) is 0.652. The fraction of sp³-hybridized carbons (Fsp3) is 0.545. The molecule has 14 heavy (non-hydrogen) atoms. The summed E-state index contributed by atoms with van der Waals surface area (Å²) in [5, 5.41) is 3.39. The van der Waals surface area contributed by atoms with Gasteiger partial charge in [-0.05, 0) is 30.0 Å². The van der Waals surface area contributed by atoms with Crippen LogP contribution in [0.15, 0.2) is 12.4 Å². The van der Waals surface area contributed by atoms with Crippen molar-refractivity contribution in [3.63, 3.8) is 0 Å². The van der Waals surface area contributed by atoms with E-state index in [4.69, 9.17) is 4.74 Å². The lowest BCUT2D eigenvalue weighted by Crippen LogP contribution is -2.09. The molecule has 0 aliphatic carbocycles. The summed E-state index contributed by atoms with van der Waals surface area (Å²) in [6.45, 7) is 3.76.